The number of carboxylic acids is 1. The Labute approximate surface area is 173 Å². The molecular weight excluding hydrogens is 398 g/mol. The number of hydrogen-bond acceptors (Lipinski definition) is 8. The Morgan fingerprint density at radius 3 is 2.17 bits per heavy atom. The number of carbonyl (C=O) groups is 3. The number of nitrogens with one attached hydrogen (secondary N) is 2. The number of rotatable bonds is 13. The van der Waals surface area contributed by atoms with Crippen LogP contribution in [0.5, 0.6) is 0 Å². The molecule has 2 amide bonds. The number of carbonyl (C=O) groups excluding carboxylic acids is 2. The second-order valence-electron chi connectivity index (χ2n) is 6.74. The molecule has 0 aromatic heterocycles. The van der Waals surface area contributed by atoms with Crippen LogP contribution in [0.2, 0.25) is 0 Å². The molecule has 0 aliphatic rings. The third kappa shape index (κ3) is 8.05. The van der Waals surface area contributed by atoms with Crippen LogP contribution in [0.25, 0.3) is 0 Å². The number of aliphatic hydroxyl groups is 4. The first kappa shape index (κ1) is 25.5. The molecule has 11 nitrogen and oxygen atoms in total. The first-order valence-corrected chi connectivity index (χ1v) is 9.42. The van der Waals surface area contributed by atoms with E-state index >= 15 is 0 Å². The lowest BCUT2D eigenvalue weighted by atomic mass is 9.99. The first-order chi connectivity index (χ1) is 14.2. The number of nitrogens with two attached hydrogens (primary N) is 1. The highest BCUT2D eigenvalue weighted by molar-refractivity contribution is 5.82. The summed E-state index contributed by atoms with van der Waals surface area (Å²) in [5.74, 6) is -2.85. The van der Waals surface area contributed by atoms with Crippen LogP contribution in [-0.2, 0) is 14.4 Å². The Morgan fingerprint density at radius 2 is 1.63 bits per heavy atom. The van der Waals surface area contributed by atoms with E-state index in [0.29, 0.717) is 12.0 Å². The Balaban J connectivity index is 2.80. The highest BCUT2D eigenvalue weighted by atomic mass is 16.4. The minimum atomic E-state index is -2.14. The molecule has 11 heteroatoms. The molecule has 1 aromatic rings. The highest BCUT2D eigenvalue weighted by Crippen LogP contribution is 2.17. The minimum Gasteiger partial charge on any atom is -0.481 e. The van der Waals surface area contributed by atoms with Gasteiger partial charge in [0.1, 0.15) is 12.2 Å². The summed E-state index contributed by atoms with van der Waals surface area (Å²) in [5, 5.41) is 53.5. The van der Waals surface area contributed by atoms with Gasteiger partial charge in [0.05, 0.1) is 25.1 Å². The third-order valence-corrected chi connectivity index (χ3v) is 4.40. The van der Waals surface area contributed by atoms with Gasteiger partial charge in [-0.1, -0.05) is 30.3 Å². The molecule has 0 aliphatic carbocycles. The zero-order valence-electron chi connectivity index (χ0n) is 16.3. The molecule has 0 unspecified atom stereocenters. The van der Waals surface area contributed by atoms with Gasteiger partial charge in [0.15, 0.2) is 6.10 Å². The van der Waals surface area contributed by atoms with E-state index in [4.69, 9.17) is 10.8 Å². The molecule has 0 aliphatic heterocycles. The summed E-state index contributed by atoms with van der Waals surface area (Å²) >= 11 is 0. The molecule has 0 saturated carbocycles. The SMILES string of the molecule is NCCCC(=O)N[C@@H](CO)[C@@H](O)[C@@H](O)[C@H](O)C(=O)N[C@@H](CC(=O)O)c1ccccc1. The van der Waals surface area contributed by atoms with E-state index in [1.165, 1.54) is 0 Å². The van der Waals surface area contributed by atoms with E-state index in [9.17, 15) is 34.8 Å². The second kappa shape index (κ2) is 12.9. The van der Waals surface area contributed by atoms with Gasteiger partial charge in [-0.15, -0.1) is 0 Å². The van der Waals surface area contributed by atoms with Gasteiger partial charge >= 0.3 is 5.97 Å². The second-order valence-corrected chi connectivity index (χ2v) is 6.74. The Kier molecular flexibility index (Phi) is 10.9. The van der Waals surface area contributed by atoms with Crippen molar-refractivity contribution in [3.8, 4) is 0 Å². The lowest BCUT2D eigenvalue weighted by Crippen LogP contribution is -2.56. The smallest absolute Gasteiger partial charge is 0.305 e. The van der Waals surface area contributed by atoms with Crippen molar-refractivity contribution in [3.63, 3.8) is 0 Å². The van der Waals surface area contributed by atoms with E-state index in [1.807, 2.05) is 0 Å². The molecule has 0 bridgehead atoms. The zero-order chi connectivity index (χ0) is 22.7. The Hall–Kier alpha value is -2.57. The normalized spacial score (nSPS) is 16.0. The molecule has 1 aromatic carbocycles. The Bertz CT molecular complexity index is 688. The molecule has 0 fully saturated rings. The number of carboxylic acid groups (broad SMARTS) is 1. The maximum Gasteiger partial charge on any atom is 0.305 e. The van der Waals surface area contributed by atoms with Crippen LogP contribution in [0.1, 0.15) is 30.9 Å². The molecule has 30 heavy (non-hydrogen) atoms. The van der Waals surface area contributed by atoms with Gasteiger partial charge in [-0.3, -0.25) is 14.4 Å². The minimum absolute atomic E-state index is 0.0345. The molecule has 0 saturated heterocycles. The van der Waals surface area contributed by atoms with Crippen molar-refractivity contribution in [3.05, 3.63) is 35.9 Å². The fraction of sp³-hybridized carbons (Fsp3) is 0.526. The van der Waals surface area contributed by atoms with Crippen molar-refractivity contribution in [1.82, 2.24) is 10.6 Å². The largest absolute Gasteiger partial charge is 0.481 e. The molecule has 9 N–H and O–H groups in total. The zero-order valence-corrected chi connectivity index (χ0v) is 16.3. The number of aliphatic hydroxyl groups excluding tert-OH is 4. The molecule has 5 atom stereocenters. The van der Waals surface area contributed by atoms with Crippen molar-refractivity contribution in [2.75, 3.05) is 13.2 Å². The van der Waals surface area contributed by atoms with Crippen molar-refractivity contribution in [1.29, 1.82) is 0 Å². The van der Waals surface area contributed by atoms with Crippen LogP contribution >= 0.6 is 0 Å². The quantitative estimate of drug-likeness (QED) is 0.169. The van der Waals surface area contributed by atoms with Crippen molar-refractivity contribution < 1.29 is 39.9 Å². The van der Waals surface area contributed by atoms with E-state index in [1.54, 1.807) is 30.3 Å². The number of amides is 2. The van der Waals surface area contributed by atoms with Gasteiger partial charge in [-0.05, 0) is 18.5 Å². The summed E-state index contributed by atoms with van der Waals surface area (Å²) in [5.41, 5.74) is 5.77. The predicted molar refractivity (Wildman–Crippen MR) is 105 cm³/mol. The van der Waals surface area contributed by atoms with Gasteiger partial charge in [0.25, 0.3) is 5.91 Å². The summed E-state index contributed by atoms with van der Waals surface area (Å²) in [6, 6.07) is 5.84. The van der Waals surface area contributed by atoms with E-state index in [-0.39, 0.29) is 13.0 Å². The van der Waals surface area contributed by atoms with Crippen LogP contribution in [0.3, 0.4) is 0 Å². The summed E-state index contributed by atoms with van der Waals surface area (Å²) < 4.78 is 0. The van der Waals surface area contributed by atoms with Gasteiger partial charge in [-0.2, -0.15) is 0 Å². The summed E-state index contributed by atoms with van der Waals surface area (Å²) in [4.78, 5) is 35.2. The standard InChI is InChI=1S/C19H29N3O8/c20-8-4-7-14(24)21-13(10-23)16(27)17(28)18(29)19(30)22-12(9-15(25)26)11-5-2-1-3-6-11/h1-3,5-6,12-13,16-18,23,27-29H,4,7-10,20H2,(H,21,24)(H,22,30)(H,25,26)/t12-,13-,16+,17+,18-/m0/s1. The highest BCUT2D eigenvalue weighted by Gasteiger charge is 2.36. The molecule has 1 rings (SSSR count). The van der Waals surface area contributed by atoms with Crippen molar-refractivity contribution in [2.24, 2.45) is 5.73 Å². The number of aliphatic carboxylic acids is 1. The Morgan fingerprint density at radius 1 is 1.00 bits per heavy atom. The van der Waals surface area contributed by atoms with E-state index < -0.39 is 61.2 Å². The molecule has 0 spiro atoms. The summed E-state index contributed by atoms with van der Waals surface area (Å²) in [6.45, 7) is -0.493. The van der Waals surface area contributed by atoms with Crippen LogP contribution in [0, 0.1) is 0 Å². The first-order valence-electron chi connectivity index (χ1n) is 9.42. The van der Waals surface area contributed by atoms with Gasteiger partial charge in [0.2, 0.25) is 5.91 Å². The lowest BCUT2D eigenvalue weighted by Gasteiger charge is -2.29. The van der Waals surface area contributed by atoms with Crippen molar-refractivity contribution in [2.45, 2.75) is 49.7 Å². The molecule has 0 heterocycles. The van der Waals surface area contributed by atoms with Gasteiger partial charge < -0.3 is 41.9 Å². The van der Waals surface area contributed by atoms with Gasteiger partial charge in [0, 0.05) is 6.42 Å². The molecular formula is C19H29N3O8. The fourth-order valence-corrected chi connectivity index (χ4v) is 2.73. The maximum absolute atomic E-state index is 12.3. The topological polar surface area (TPSA) is 202 Å². The van der Waals surface area contributed by atoms with Crippen LogP contribution in [-0.4, -0.2) is 80.8 Å². The average Bonchev–Trinajstić information content (AvgIpc) is 2.74. The summed E-state index contributed by atoms with van der Waals surface area (Å²) in [6.07, 6.45) is -6.14. The predicted octanol–water partition coefficient (Wildman–Crippen LogP) is -2.38. The monoisotopic (exact) mass is 427 g/mol. The number of hydrogen-bond donors (Lipinski definition) is 8. The van der Waals surface area contributed by atoms with Crippen LogP contribution < -0.4 is 16.4 Å². The third-order valence-electron chi connectivity index (χ3n) is 4.40. The lowest BCUT2D eigenvalue weighted by molar-refractivity contribution is -0.144. The fourth-order valence-electron chi connectivity index (χ4n) is 2.73. The number of benzene rings is 1. The maximum atomic E-state index is 12.3. The van der Waals surface area contributed by atoms with Crippen molar-refractivity contribution >= 4 is 17.8 Å². The van der Waals surface area contributed by atoms with E-state index in [0.717, 1.165) is 0 Å². The van der Waals surface area contributed by atoms with E-state index in [2.05, 4.69) is 10.6 Å². The average molecular weight is 427 g/mol. The molecule has 0 radical (unpaired) electrons. The molecule has 168 valence electrons. The van der Waals surface area contributed by atoms with Crippen LogP contribution in [0.4, 0.5) is 0 Å². The van der Waals surface area contributed by atoms with Gasteiger partial charge in [-0.25, -0.2) is 0 Å². The van der Waals surface area contributed by atoms with Crippen LogP contribution in [0.15, 0.2) is 30.3 Å². The summed E-state index contributed by atoms with van der Waals surface area (Å²) in [7, 11) is 0.